The second-order valence-corrected chi connectivity index (χ2v) is 7.58. The number of nitrogens with zero attached hydrogens (tertiary/aromatic N) is 1. The topological polar surface area (TPSA) is 69.6 Å². The molecule has 0 radical (unpaired) electrons. The molecule has 1 aliphatic heterocycles. The number of fused-ring (bicyclic) bond motifs is 1. The second kappa shape index (κ2) is 8.71. The number of nitrogens with one attached hydrogen (secondary N) is 1. The molecule has 0 spiro atoms. The van der Waals surface area contributed by atoms with E-state index in [0.29, 0.717) is 24.8 Å². The molecule has 4 rings (SSSR count). The molecular weight excluding hydrogens is 402 g/mol. The maximum absolute atomic E-state index is 13.8. The van der Waals surface area contributed by atoms with Gasteiger partial charge in [-0.2, -0.15) is 0 Å². The SMILES string of the molecule is O=C(NCCc1c(F)cccc1F)C1CCCN1C(=O)c1ccc2ccccc2c1O. The lowest BCUT2D eigenvalue weighted by Gasteiger charge is -2.24. The zero-order chi connectivity index (χ0) is 22.0. The summed E-state index contributed by atoms with van der Waals surface area (Å²) in [4.78, 5) is 27.2. The lowest BCUT2D eigenvalue weighted by Crippen LogP contribution is -2.46. The summed E-state index contributed by atoms with van der Waals surface area (Å²) in [6.07, 6.45) is 1.15. The third-order valence-corrected chi connectivity index (χ3v) is 5.68. The van der Waals surface area contributed by atoms with Gasteiger partial charge in [0.2, 0.25) is 5.91 Å². The Morgan fingerprint density at radius 2 is 1.77 bits per heavy atom. The van der Waals surface area contributed by atoms with E-state index < -0.39 is 23.6 Å². The summed E-state index contributed by atoms with van der Waals surface area (Å²) < 4.78 is 27.5. The third-order valence-electron chi connectivity index (χ3n) is 5.68. The molecule has 1 fully saturated rings. The largest absolute Gasteiger partial charge is 0.506 e. The molecule has 2 N–H and O–H groups in total. The van der Waals surface area contributed by atoms with Gasteiger partial charge in [0.15, 0.2) is 0 Å². The maximum atomic E-state index is 13.8. The van der Waals surface area contributed by atoms with Crippen molar-refractivity contribution in [2.45, 2.75) is 25.3 Å². The standard InChI is InChI=1S/C24H22F2N2O3/c25-19-7-3-8-20(26)17(19)12-13-27-23(30)21-9-4-14-28(21)24(31)18-11-10-15-5-1-2-6-16(15)22(18)29/h1-3,5-8,10-11,21,29H,4,9,12-14H2,(H,27,30). The number of phenolic OH excluding ortho intramolecular Hbond substituents is 1. The van der Waals surface area contributed by atoms with E-state index in [9.17, 15) is 23.5 Å². The van der Waals surface area contributed by atoms with Crippen LogP contribution in [0.5, 0.6) is 5.75 Å². The van der Waals surface area contributed by atoms with Crippen molar-refractivity contribution in [3.8, 4) is 5.75 Å². The van der Waals surface area contributed by atoms with E-state index in [4.69, 9.17) is 0 Å². The molecule has 5 nitrogen and oxygen atoms in total. The predicted molar refractivity (Wildman–Crippen MR) is 113 cm³/mol. The molecule has 1 heterocycles. The monoisotopic (exact) mass is 424 g/mol. The summed E-state index contributed by atoms with van der Waals surface area (Å²) in [5.41, 5.74) is 0.0649. The molecule has 0 saturated carbocycles. The van der Waals surface area contributed by atoms with Crippen LogP contribution in [0, 0.1) is 11.6 Å². The zero-order valence-electron chi connectivity index (χ0n) is 16.8. The summed E-state index contributed by atoms with van der Waals surface area (Å²) >= 11 is 0. The number of benzene rings is 3. The number of carbonyl (C=O) groups excluding carboxylic acids is 2. The predicted octanol–water partition coefficient (Wildman–Crippen LogP) is 3.79. The first-order chi connectivity index (χ1) is 15.0. The van der Waals surface area contributed by atoms with Crippen molar-refractivity contribution in [3.05, 3.63) is 77.4 Å². The number of phenols is 1. The highest BCUT2D eigenvalue weighted by atomic mass is 19.1. The van der Waals surface area contributed by atoms with Gasteiger partial charge in [-0.15, -0.1) is 0 Å². The fourth-order valence-corrected chi connectivity index (χ4v) is 4.06. The Hall–Kier alpha value is -3.48. The molecule has 31 heavy (non-hydrogen) atoms. The molecule has 160 valence electrons. The summed E-state index contributed by atoms with van der Waals surface area (Å²) in [6.45, 7) is 0.446. The molecule has 0 aromatic heterocycles. The van der Waals surface area contributed by atoms with Gasteiger partial charge in [0.25, 0.3) is 5.91 Å². The van der Waals surface area contributed by atoms with Crippen LogP contribution in [0.4, 0.5) is 8.78 Å². The molecule has 3 aromatic carbocycles. The number of likely N-dealkylation sites (tertiary alicyclic amines) is 1. The minimum atomic E-state index is -0.691. The summed E-state index contributed by atoms with van der Waals surface area (Å²) in [6, 6.07) is 13.5. The van der Waals surface area contributed by atoms with Gasteiger partial charge in [-0.1, -0.05) is 36.4 Å². The normalized spacial score (nSPS) is 15.9. The summed E-state index contributed by atoms with van der Waals surface area (Å²) in [7, 11) is 0. The Morgan fingerprint density at radius 1 is 1.03 bits per heavy atom. The van der Waals surface area contributed by atoms with Gasteiger partial charge < -0.3 is 15.3 Å². The number of carbonyl (C=O) groups is 2. The Labute approximate surface area is 178 Å². The molecule has 1 atom stereocenters. The highest BCUT2D eigenvalue weighted by Crippen LogP contribution is 2.31. The molecule has 7 heteroatoms. The van der Waals surface area contributed by atoms with E-state index in [-0.39, 0.29) is 35.7 Å². The Bertz CT molecular complexity index is 1130. The Morgan fingerprint density at radius 3 is 2.55 bits per heavy atom. The van der Waals surface area contributed by atoms with Crippen molar-refractivity contribution in [2.75, 3.05) is 13.1 Å². The zero-order valence-corrected chi connectivity index (χ0v) is 16.8. The lowest BCUT2D eigenvalue weighted by atomic mass is 10.0. The van der Waals surface area contributed by atoms with Gasteiger partial charge >= 0.3 is 0 Å². The number of hydrogen-bond acceptors (Lipinski definition) is 3. The second-order valence-electron chi connectivity index (χ2n) is 7.58. The van der Waals surface area contributed by atoms with Crippen LogP contribution in [-0.2, 0) is 11.2 Å². The van der Waals surface area contributed by atoms with Gasteiger partial charge in [0, 0.05) is 24.0 Å². The highest BCUT2D eigenvalue weighted by molar-refractivity contribution is 6.05. The quantitative estimate of drug-likeness (QED) is 0.655. The number of rotatable bonds is 5. The highest BCUT2D eigenvalue weighted by Gasteiger charge is 2.35. The van der Waals surface area contributed by atoms with Gasteiger partial charge in [0.1, 0.15) is 23.4 Å². The van der Waals surface area contributed by atoms with Gasteiger partial charge in [-0.05, 0) is 42.8 Å². The van der Waals surface area contributed by atoms with Gasteiger partial charge in [-0.25, -0.2) is 8.78 Å². The first kappa shape index (κ1) is 20.8. The van der Waals surface area contributed by atoms with Crippen LogP contribution < -0.4 is 5.32 Å². The van der Waals surface area contributed by atoms with Crippen molar-refractivity contribution < 1.29 is 23.5 Å². The molecular formula is C24H22F2N2O3. The van der Waals surface area contributed by atoms with Crippen LogP contribution in [0.25, 0.3) is 10.8 Å². The minimum Gasteiger partial charge on any atom is -0.506 e. The molecule has 0 aliphatic carbocycles. The molecule has 2 amide bonds. The lowest BCUT2D eigenvalue weighted by molar-refractivity contribution is -0.124. The van der Waals surface area contributed by atoms with Crippen molar-refractivity contribution in [1.82, 2.24) is 10.2 Å². The Balaban J connectivity index is 1.45. The summed E-state index contributed by atoms with van der Waals surface area (Å²) in [5, 5.41) is 14.7. The maximum Gasteiger partial charge on any atom is 0.258 e. The number of amides is 2. The molecule has 0 bridgehead atoms. The van der Waals surface area contributed by atoms with Gasteiger partial charge in [0.05, 0.1) is 5.56 Å². The third kappa shape index (κ3) is 4.08. The fourth-order valence-electron chi connectivity index (χ4n) is 4.06. The van der Waals surface area contributed by atoms with Crippen molar-refractivity contribution in [2.24, 2.45) is 0 Å². The van der Waals surface area contributed by atoms with E-state index in [1.54, 1.807) is 24.3 Å². The van der Waals surface area contributed by atoms with Crippen LogP contribution in [-0.4, -0.2) is 41.0 Å². The van der Waals surface area contributed by atoms with Crippen LogP contribution in [0.15, 0.2) is 54.6 Å². The molecule has 3 aromatic rings. The van der Waals surface area contributed by atoms with Crippen LogP contribution in [0.1, 0.15) is 28.8 Å². The van der Waals surface area contributed by atoms with Crippen molar-refractivity contribution >= 4 is 22.6 Å². The molecule has 1 aliphatic rings. The van der Waals surface area contributed by atoms with Crippen LogP contribution >= 0.6 is 0 Å². The minimum absolute atomic E-state index is 0.0103. The average molecular weight is 424 g/mol. The van der Waals surface area contributed by atoms with E-state index >= 15 is 0 Å². The fraction of sp³-hybridized carbons (Fsp3) is 0.250. The van der Waals surface area contributed by atoms with E-state index in [1.165, 1.54) is 23.1 Å². The van der Waals surface area contributed by atoms with E-state index in [1.807, 2.05) is 12.1 Å². The summed E-state index contributed by atoms with van der Waals surface area (Å²) in [5.74, 6) is -2.20. The number of hydrogen-bond donors (Lipinski definition) is 2. The number of aromatic hydroxyl groups is 1. The van der Waals surface area contributed by atoms with E-state index in [0.717, 1.165) is 5.39 Å². The first-order valence-electron chi connectivity index (χ1n) is 10.2. The molecule has 1 saturated heterocycles. The van der Waals surface area contributed by atoms with Crippen molar-refractivity contribution in [3.63, 3.8) is 0 Å². The van der Waals surface area contributed by atoms with Gasteiger partial charge in [-0.3, -0.25) is 9.59 Å². The smallest absolute Gasteiger partial charge is 0.258 e. The average Bonchev–Trinajstić information content (AvgIpc) is 3.26. The van der Waals surface area contributed by atoms with Crippen LogP contribution in [0.3, 0.4) is 0 Å². The van der Waals surface area contributed by atoms with E-state index in [2.05, 4.69) is 5.32 Å². The molecule has 1 unspecified atom stereocenters. The number of halogens is 2. The van der Waals surface area contributed by atoms with Crippen LogP contribution in [0.2, 0.25) is 0 Å². The first-order valence-corrected chi connectivity index (χ1v) is 10.2. The van der Waals surface area contributed by atoms with Crippen molar-refractivity contribution in [1.29, 1.82) is 0 Å². The Kier molecular flexibility index (Phi) is 5.84.